The fourth-order valence-corrected chi connectivity index (χ4v) is 5.12. The van der Waals surface area contributed by atoms with Gasteiger partial charge in [-0.1, -0.05) is 34.8 Å². The fraction of sp³-hybridized carbons (Fsp3) is 0.333. The van der Waals surface area contributed by atoms with Gasteiger partial charge in [-0.05, 0) is 35.9 Å². The summed E-state index contributed by atoms with van der Waals surface area (Å²) < 4.78 is 40.6. The summed E-state index contributed by atoms with van der Waals surface area (Å²) in [4.78, 5) is 25.1. The molecule has 2 aromatic rings. The number of methoxy groups -OCH3 is 1. The monoisotopic (exact) mass is 576 g/mol. The molecule has 0 spiro atoms. The first-order valence-corrected chi connectivity index (χ1v) is 11.5. The van der Waals surface area contributed by atoms with Crippen LogP contribution in [0.25, 0.3) is 0 Å². The van der Waals surface area contributed by atoms with Crippen molar-refractivity contribution in [3.8, 4) is 5.75 Å². The van der Waals surface area contributed by atoms with E-state index in [1.165, 1.54) is 25.3 Å². The quantitative estimate of drug-likeness (QED) is 0.353. The molecule has 1 fully saturated rings. The Morgan fingerprint density at radius 2 is 1.68 bits per heavy atom. The summed E-state index contributed by atoms with van der Waals surface area (Å²) in [6, 6.07) is 7.10. The van der Waals surface area contributed by atoms with Crippen LogP contribution >= 0.6 is 58.0 Å². The molecule has 5 nitrogen and oxygen atoms in total. The molecule has 0 aromatic heterocycles. The predicted molar refractivity (Wildman–Crippen MR) is 127 cm³/mol. The van der Waals surface area contributed by atoms with Gasteiger partial charge in [0.05, 0.1) is 40.1 Å². The van der Waals surface area contributed by atoms with Gasteiger partial charge in [-0.25, -0.2) is 0 Å². The molecule has 2 atom stereocenters. The number of hydrogen-bond donors (Lipinski definition) is 2. The fourth-order valence-electron chi connectivity index (χ4n) is 3.43. The molecule has 13 heteroatoms. The van der Waals surface area contributed by atoms with Gasteiger partial charge >= 0.3 is 6.18 Å². The molecule has 0 unspecified atom stereocenters. The van der Waals surface area contributed by atoms with Crippen molar-refractivity contribution in [3.05, 3.63) is 56.5 Å². The van der Waals surface area contributed by atoms with Crippen molar-refractivity contribution in [3.63, 3.8) is 0 Å². The largest absolute Gasteiger partial charge is 0.494 e. The van der Waals surface area contributed by atoms with E-state index in [-0.39, 0.29) is 32.1 Å². The standard InChI is InChI=1S/C21H16Cl5F3N2O3/c1-34-17-13(23)6-9(7-14(17)24)15-16(21(15,25)26)19(33)31-10-2-3-12(22)11(8-10)18(32)30-5-4-20(27,28)29/h2-3,6-8,15-16H,4-5H2,1H3,(H,30,32)(H,31,33)/t15-,16+/m1/s1. The number of carbonyl (C=O) groups is 2. The van der Waals surface area contributed by atoms with E-state index in [2.05, 4.69) is 10.6 Å². The van der Waals surface area contributed by atoms with Crippen LogP contribution in [0, 0.1) is 5.92 Å². The molecule has 0 radical (unpaired) electrons. The number of alkyl halides is 5. The maximum absolute atomic E-state index is 12.9. The Balaban J connectivity index is 1.73. The summed E-state index contributed by atoms with van der Waals surface area (Å²) in [5.74, 6) is -2.61. The molecule has 1 aliphatic rings. The molecule has 184 valence electrons. The van der Waals surface area contributed by atoms with Gasteiger partial charge < -0.3 is 15.4 Å². The number of nitrogens with one attached hydrogen (secondary N) is 2. The lowest BCUT2D eigenvalue weighted by Crippen LogP contribution is -2.28. The minimum absolute atomic E-state index is 0.00152. The summed E-state index contributed by atoms with van der Waals surface area (Å²) in [6.07, 6.45) is -5.61. The van der Waals surface area contributed by atoms with Crippen LogP contribution in [-0.4, -0.2) is 36.0 Å². The van der Waals surface area contributed by atoms with Crippen molar-refractivity contribution in [1.29, 1.82) is 0 Å². The Morgan fingerprint density at radius 3 is 2.24 bits per heavy atom. The molecule has 0 aliphatic heterocycles. The Labute approximate surface area is 217 Å². The summed E-state index contributed by atoms with van der Waals surface area (Å²) in [5, 5.41) is 5.18. The first kappa shape index (κ1) is 27.0. The number of carbonyl (C=O) groups excluding carboxylic acids is 2. The lowest BCUT2D eigenvalue weighted by molar-refractivity contribution is -0.133. The van der Waals surface area contributed by atoms with Crippen LogP contribution in [0.4, 0.5) is 18.9 Å². The van der Waals surface area contributed by atoms with Crippen LogP contribution < -0.4 is 15.4 Å². The molecule has 2 amide bonds. The summed E-state index contributed by atoms with van der Waals surface area (Å²) >= 11 is 31.1. The minimum Gasteiger partial charge on any atom is -0.494 e. The third-order valence-corrected chi connectivity index (χ3v) is 6.92. The number of hydrogen-bond acceptors (Lipinski definition) is 3. The molecule has 34 heavy (non-hydrogen) atoms. The number of anilines is 1. The number of rotatable bonds is 7. The highest BCUT2D eigenvalue weighted by Crippen LogP contribution is 2.65. The topological polar surface area (TPSA) is 67.4 Å². The second-order valence-corrected chi connectivity index (χ2v) is 10.1. The molecule has 0 bridgehead atoms. The Bertz CT molecular complexity index is 1100. The van der Waals surface area contributed by atoms with Crippen LogP contribution in [0.15, 0.2) is 30.3 Å². The van der Waals surface area contributed by atoms with E-state index < -0.39 is 47.1 Å². The van der Waals surface area contributed by atoms with Gasteiger partial charge in [0.1, 0.15) is 4.33 Å². The van der Waals surface area contributed by atoms with Gasteiger partial charge in [0.15, 0.2) is 5.75 Å². The number of ether oxygens (including phenoxy) is 1. The molecule has 1 aliphatic carbocycles. The molecular weight excluding hydrogens is 563 g/mol. The highest BCUT2D eigenvalue weighted by atomic mass is 35.5. The minimum atomic E-state index is -4.42. The maximum atomic E-state index is 12.9. The number of amides is 2. The Kier molecular flexibility index (Phi) is 8.10. The molecule has 0 saturated heterocycles. The van der Waals surface area contributed by atoms with E-state index in [9.17, 15) is 22.8 Å². The first-order valence-electron chi connectivity index (χ1n) is 9.62. The zero-order valence-corrected chi connectivity index (χ0v) is 21.0. The van der Waals surface area contributed by atoms with Crippen LogP contribution in [0.3, 0.4) is 0 Å². The van der Waals surface area contributed by atoms with E-state index in [0.717, 1.165) is 0 Å². The summed E-state index contributed by atoms with van der Waals surface area (Å²) in [7, 11) is 1.41. The summed E-state index contributed by atoms with van der Waals surface area (Å²) in [5.41, 5.74) is 0.600. The maximum Gasteiger partial charge on any atom is 0.390 e. The molecule has 0 heterocycles. The molecular formula is C21H16Cl5F3N2O3. The Hall–Kier alpha value is -1.58. The van der Waals surface area contributed by atoms with Gasteiger partial charge in [0.25, 0.3) is 5.91 Å². The van der Waals surface area contributed by atoms with Crippen molar-refractivity contribution in [2.24, 2.45) is 5.92 Å². The van der Waals surface area contributed by atoms with E-state index in [0.29, 0.717) is 5.56 Å². The van der Waals surface area contributed by atoms with Gasteiger partial charge in [0.2, 0.25) is 5.91 Å². The molecule has 2 N–H and O–H groups in total. The first-order chi connectivity index (χ1) is 15.8. The average molecular weight is 579 g/mol. The second kappa shape index (κ2) is 10.2. The molecule has 2 aromatic carbocycles. The lowest BCUT2D eigenvalue weighted by atomic mass is 10.1. The van der Waals surface area contributed by atoms with Crippen molar-refractivity contribution in [2.75, 3.05) is 19.0 Å². The van der Waals surface area contributed by atoms with Crippen LogP contribution in [0.2, 0.25) is 15.1 Å². The lowest BCUT2D eigenvalue weighted by Gasteiger charge is -2.11. The van der Waals surface area contributed by atoms with E-state index in [1.807, 2.05) is 0 Å². The van der Waals surface area contributed by atoms with E-state index >= 15 is 0 Å². The van der Waals surface area contributed by atoms with Gasteiger partial charge in [0, 0.05) is 18.2 Å². The normalized spacial score (nSPS) is 18.9. The van der Waals surface area contributed by atoms with Gasteiger partial charge in [-0.2, -0.15) is 13.2 Å². The highest BCUT2D eigenvalue weighted by molar-refractivity contribution is 6.53. The molecule has 3 rings (SSSR count). The average Bonchev–Trinajstić information content (AvgIpc) is 3.30. The zero-order valence-electron chi connectivity index (χ0n) is 17.2. The zero-order chi connectivity index (χ0) is 25.4. The van der Waals surface area contributed by atoms with Gasteiger partial charge in [-0.15, -0.1) is 23.2 Å². The third-order valence-electron chi connectivity index (χ3n) is 5.09. The predicted octanol–water partition coefficient (Wildman–Crippen LogP) is 6.86. The number of halogens is 8. The smallest absolute Gasteiger partial charge is 0.390 e. The van der Waals surface area contributed by atoms with Crippen molar-refractivity contribution >= 4 is 75.5 Å². The second-order valence-electron chi connectivity index (χ2n) is 7.45. The van der Waals surface area contributed by atoms with Crippen LogP contribution in [-0.2, 0) is 4.79 Å². The summed E-state index contributed by atoms with van der Waals surface area (Å²) in [6.45, 7) is -0.618. The molecule has 1 saturated carbocycles. The third kappa shape index (κ3) is 5.97. The van der Waals surface area contributed by atoms with Crippen LogP contribution in [0.1, 0.15) is 28.3 Å². The SMILES string of the molecule is COc1c(Cl)cc([C@@H]2[C@@H](C(=O)Nc3ccc(Cl)c(C(=O)NCCC(F)(F)F)c3)C2(Cl)Cl)cc1Cl. The van der Waals surface area contributed by atoms with Crippen molar-refractivity contribution in [2.45, 2.75) is 22.8 Å². The van der Waals surface area contributed by atoms with E-state index in [4.69, 9.17) is 62.7 Å². The van der Waals surface area contributed by atoms with E-state index in [1.54, 1.807) is 12.1 Å². The number of benzene rings is 2. The Morgan fingerprint density at radius 1 is 1.06 bits per heavy atom. The van der Waals surface area contributed by atoms with Crippen molar-refractivity contribution in [1.82, 2.24) is 5.32 Å². The van der Waals surface area contributed by atoms with Crippen LogP contribution in [0.5, 0.6) is 5.75 Å². The van der Waals surface area contributed by atoms with Gasteiger partial charge in [-0.3, -0.25) is 9.59 Å². The van der Waals surface area contributed by atoms with Crippen molar-refractivity contribution < 1.29 is 27.5 Å². The highest BCUT2D eigenvalue weighted by Gasteiger charge is 2.67.